The first-order valence-electron chi connectivity index (χ1n) is 6.97. The van der Waals surface area contributed by atoms with Crippen LogP contribution in [0.3, 0.4) is 0 Å². The highest BCUT2D eigenvalue weighted by molar-refractivity contribution is 9.10. The van der Waals surface area contributed by atoms with Gasteiger partial charge in [0.05, 0.1) is 14.2 Å². The number of rotatable bonds is 6. The van der Waals surface area contributed by atoms with Gasteiger partial charge in [-0.2, -0.15) is 0 Å². The van der Waals surface area contributed by atoms with Crippen LogP contribution in [0.2, 0.25) is 0 Å². The van der Waals surface area contributed by atoms with Gasteiger partial charge in [0.15, 0.2) is 11.5 Å². The predicted molar refractivity (Wildman–Crippen MR) is 84.6 cm³/mol. The standard InChI is InChI=1S/C15H23BrN2O2/c1-18-6-4-5-12(18)10-17-9-11-7-14(19-2)15(20-3)8-13(11)16/h7-8,12,17H,4-6,9-10H2,1-3H3. The molecule has 112 valence electrons. The van der Waals surface area contributed by atoms with Crippen LogP contribution in [0.4, 0.5) is 0 Å². The Balaban J connectivity index is 1.95. The summed E-state index contributed by atoms with van der Waals surface area (Å²) in [5.74, 6) is 1.52. The van der Waals surface area contributed by atoms with Gasteiger partial charge in [-0.25, -0.2) is 0 Å². The average Bonchev–Trinajstić information content (AvgIpc) is 2.85. The van der Waals surface area contributed by atoms with E-state index >= 15 is 0 Å². The summed E-state index contributed by atoms with van der Waals surface area (Å²) in [5.41, 5.74) is 1.18. The molecule has 0 aliphatic carbocycles. The highest BCUT2D eigenvalue weighted by Crippen LogP contribution is 2.33. The van der Waals surface area contributed by atoms with Crippen LogP contribution < -0.4 is 14.8 Å². The number of methoxy groups -OCH3 is 2. The van der Waals surface area contributed by atoms with Gasteiger partial charge in [-0.1, -0.05) is 15.9 Å². The van der Waals surface area contributed by atoms with Crippen LogP contribution in [-0.2, 0) is 6.54 Å². The first-order valence-corrected chi connectivity index (χ1v) is 7.76. The predicted octanol–water partition coefficient (Wildman–Crippen LogP) is 2.65. The normalized spacial score (nSPS) is 19.3. The SMILES string of the molecule is COc1cc(Br)c(CNCC2CCCN2C)cc1OC. The second-order valence-corrected chi connectivity index (χ2v) is 6.06. The van der Waals surface area contributed by atoms with Crippen LogP contribution in [0.15, 0.2) is 16.6 Å². The maximum Gasteiger partial charge on any atom is 0.161 e. The Labute approximate surface area is 129 Å². The van der Waals surface area contributed by atoms with Crippen molar-refractivity contribution >= 4 is 15.9 Å². The Hall–Kier alpha value is -0.780. The second-order valence-electron chi connectivity index (χ2n) is 5.21. The minimum absolute atomic E-state index is 0.661. The van der Waals surface area contributed by atoms with Gasteiger partial charge in [0.1, 0.15) is 0 Å². The van der Waals surface area contributed by atoms with Crippen molar-refractivity contribution in [3.8, 4) is 11.5 Å². The molecule has 1 fully saturated rings. The molecule has 1 aliphatic heterocycles. The Kier molecular flexibility index (Phi) is 5.69. The van der Waals surface area contributed by atoms with E-state index in [1.165, 1.54) is 24.9 Å². The molecule has 0 saturated carbocycles. The highest BCUT2D eigenvalue weighted by atomic mass is 79.9. The molecule has 4 nitrogen and oxygen atoms in total. The van der Waals surface area contributed by atoms with Crippen LogP contribution in [0.25, 0.3) is 0 Å². The van der Waals surface area contributed by atoms with Gasteiger partial charge >= 0.3 is 0 Å². The third-order valence-corrected chi connectivity index (χ3v) is 4.66. The highest BCUT2D eigenvalue weighted by Gasteiger charge is 2.20. The Morgan fingerprint density at radius 3 is 2.60 bits per heavy atom. The average molecular weight is 343 g/mol. The van der Waals surface area contributed by atoms with Gasteiger partial charge in [-0.3, -0.25) is 0 Å². The molecule has 1 heterocycles. The molecule has 1 N–H and O–H groups in total. The van der Waals surface area contributed by atoms with Gasteiger partial charge in [-0.05, 0) is 44.1 Å². The van der Waals surface area contributed by atoms with E-state index in [1.807, 2.05) is 12.1 Å². The topological polar surface area (TPSA) is 33.7 Å². The molecule has 0 amide bonds. The number of benzene rings is 1. The van der Waals surface area contributed by atoms with E-state index in [-0.39, 0.29) is 0 Å². The number of likely N-dealkylation sites (tertiary alicyclic amines) is 1. The minimum Gasteiger partial charge on any atom is -0.493 e. The van der Waals surface area contributed by atoms with Crippen molar-refractivity contribution in [3.63, 3.8) is 0 Å². The first-order chi connectivity index (χ1) is 9.65. The van der Waals surface area contributed by atoms with E-state index in [1.54, 1.807) is 14.2 Å². The van der Waals surface area contributed by atoms with Gasteiger partial charge in [-0.15, -0.1) is 0 Å². The monoisotopic (exact) mass is 342 g/mol. The number of hydrogen-bond acceptors (Lipinski definition) is 4. The van der Waals surface area contributed by atoms with Crippen LogP contribution in [0.1, 0.15) is 18.4 Å². The number of ether oxygens (including phenoxy) is 2. The van der Waals surface area contributed by atoms with E-state index < -0.39 is 0 Å². The molecule has 20 heavy (non-hydrogen) atoms. The lowest BCUT2D eigenvalue weighted by Crippen LogP contribution is -2.35. The minimum atomic E-state index is 0.661. The summed E-state index contributed by atoms with van der Waals surface area (Å²) in [4.78, 5) is 2.43. The molecule has 0 bridgehead atoms. The van der Waals surface area contributed by atoms with Crippen LogP contribution >= 0.6 is 15.9 Å². The summed E-state index contributed by atoms with van der Waals surface area (Å²) < 4.78 is 11.7. The lowest BCUT2D eigenvalue weighted by molar-refractivity contribution is 0.300. The van der Waals surface area contributed by atoms with Crippen molar-refractivity contribution in [2.75, 3.05) is 34.4 Å². The zero-order valence-corrected chi connectivity index (χ0v) is 14.0. The van der Waals surface area contributed by atoms with Crippen molar-refractivity contribution < 1.29 is 9.47 Å². The molecule has 2 rings (SSSR count). The number of halogens is 1. The zero-order valence-electron chi connectivity index (χ0n) is 12.4. The molecule has 0 aromatic heterocycles. The van der Waals surface area contributed by atoms with E-state index in [4.69, 9.17) is 9.47 Å². The molecule has 1 unspecified atom stereocenters. The quantitative estimate of drug-likeness (QED) is 0.861. The summed E-state index contributed by atoms with van der Waals surface area (Å²) in [7, 11) is 5.51. The molecule has 0 spiro atoms. The molecule has 1 aliphatic rings. The van der Waals surface area contributed by atoms with Crippen LogP contribution in [-0.4, -0.2) is 45.3 Å². The van der Waals surface area contributed by atoms with Gasteiger partial charge in [0.25, 0.3) is 0 Å². The third-order valence-electron chi connectivity index (χ3n) is 3.92. The molecule has 1 saturated heterocycles. The largest absolute Gasteiger partial charge is 0.493 e. The Morgan fingerprint density at radius 1 is 1.30 bits per heavy atom. The fourth-order valence-electron chi connectivity index (χ4n) is 2.64. The summed E-state index contributed by atoms with van der Waals surface area (Å²) in [6, 6.07) is 4.64. The fourth-order valence-corrected chi connectivity index (χ4v) is 3.10. The Bertz CT molecular complexity index is 454. The van der Waals surface area contributed by atoms with Crippen LogP contribution in [0, 0.1) is 0 Å². The van der Waals surface area contributed by atoms with Gasteiger partial charge in [0, 0.05) is 23.6 Å². The van der Waals surface area contributed by atoms with E-state index in [2.05, 4.69) is 33.2 Å². The van der Waals surface area contributed by atoms with Gasteiger partial charge < -0.3 is 19.7 Å². The fraction of sp³-hybridized carbons (Fsp3) is 0.600. The van der Waals surface area contributed by atoms with E-state index in [9.17, 15) is 0 Å². The first kappa shape index (κ1) is 15.6. The second kappa shape index (κ2) is 7.29. The third kappa shape index (κ3) is 3.65. The van der Waals surface area contributed by atoms with Crippen molar-refractivity contribution in [2.24, 2.45) is 0 Å². The van der Waals surface area contributed by atoms with Crippen molar-refractivity contribution in [2.45, 2.75) is 25.4 Å². The molecule has 0 radical (unpaired) electrons. The number of nitrogens with zero attached hydrogens (tertiary/aromatic N) is 1. The molecule has 1 aromatic rings. The molecule has 1 atom stereocenters. The summed E-state index contributed by atoms with van der Waals surface area (Å²) in [6.45, 7) is 3.06. The maximum absolute atomic E-state index is 5.35. The van der Waals surface area contributed by atoms with Gasteiger partial charge in [0.2, 0.25) is 0 Å². The van der Waals surface area contributed by atoms with Crippen LogP contribution in [0.5, 0.6) is 11.5 Å². The number of likely N-dealkylation sites (N-methyl/N-ethyl adjacent to an activating group) is 1. The smallest absolute Gasteiger partial charge is 0.161 e. The number of hydrogen-bond donors (Lipinski definition) is 1. The van der Waals surface area contributed by atoms with E-state index in [0.29, 0.717) is 6.04 Å². The Morgan fingerprint density at radius 2 is 2.00 bits per heavy atom. The summed E-state index contributed by atoms with van der Waals surface area (Å²) >= 11 is 3.59. The lowest BCUT2D eigenvalue weighted by atomic mass is 10.2. The summed E-state index contributed by atoms with van der Waals surface area (Å²) in [5, 5.41) is 3.54. The molecular formula is C15H23BrN2O2. The summed E-state index contributed by atoms with van der Waals surface area (Å²) in [6.07, 6.45) is 2.60. The molecule has 1 aromatic carbocycles. The number of nitrogens with one attached hydrogen (secondary N) is 1. The van der Waals surface area contributed by atoms with Crippen molar-refractivity contribution in [3.05, 3.63) is 22.2 Å². The van der Waals surface area contributed by atoms with Crippen molar-refractivity contribution in [1.82, 2.24) is 10.2 Å². The molecule has 5 heteroatoms. The zero-order chi connectivity index (χ0) is 14.5. The van der Waals surface area contributed by atoms with Crippen molar-refractivity contribution in [1.29, 1.82) is 0 Å². The maximum atomic E-state index is 5.35. The lowest BCUT2D eigenvalue weighted by Gasteiger charge is -2.20. The van der Waals surface area contributed by atoms with E-state index in [0.717, 1.165) is 29.1 Å². The molecular weight excluding hydrogens is 320 g/mol.